The minimum Gasteiger partial charge on any atom is -0.383 e. The Kier molecular flexibility index (Phi) is 5.07. The van der Waals surface area contributed by atoms with Gasteiger partial charge in [-0.3, -0.25) is 4.90 Å². The third-order valence-corrected chi connectivity index (χ3v) is 4.56. The van der Waals surface area contributed by atoms with Gasteiger partial charge in [-0.15, -0.1) is 0 Å². The van der Waals surface area contributed by atoms with Gasteiger partial charge >= 0.3 is 0 Å². The van der Waals surface area contributed by atoms with Crippen LogP contribution in [0.1, 0.15) is 26.7 Å². The monoisotopic (exact) mass is 310 g/mol. The van der Waals surface area contributed by atoms with Crippen molar-refractivity contribution < 1.29 is 0 Å². The summed E-state index contributed by atoms with van der Waals surface area (Å²) >= 11 is 3.57. The van der Waals surface area contributed by atoms with E-state index in [0.717, 1.165) is 29.5 Å². The predicted octanol–water partition coefficient (Wildman–Crippen LogP) is 3.98. The molecule has 2 unspecified atom stereocenters. The number of nitrogens with one attached hydrogen (secondary N) is 1. The third kappa shape index (κ3) is 3.72. The molecule has 1 aromatic rings. The molecule has 0 saturated carbocycles. The van der Waals surface area contributed by atoms with E-state index in [1.165, 1.54) is 25.1 Å². The van der Waals surface area contributed by atoms with Crippen LogP contribution in [-0.2, 0) is 0 Å². The zero-order chi connectivity index (χ0) is 13.0. The second-order valence-corrected chi connectivity index (χ2v) is 6.28. The van der Waals surface area contributed by atoms with Gasteiger partial charge in [-0.25, -0.2) is 0 Å². The van der Waals surface area contributed by atoms with Crippen molar-refractivity contribution in [3.05, 3.63) is 28.7 Å². The lowest BCUT2D eigenvalue weighted by Gasteiger charge is -2.36. The number of piperidine rings is 1. The van der Waals surface area contributed by atoms with Gasteiger partial charge in [0.05, 0.1) is 0 Å². The van der Waals surface area contributed by atoms with Crippen molar-refractivity contribution in [1.29, 1.82) is 0 Å². The molecule has 1 aliphatic rings. The molecule has 0 aromatic heterocycles. The first kappa shape index (κ1) is 13.9. The zero-order valence-corrected chi connectivity index (χ0v) is 12.9. The zero-order valence-electron chi connectivity index (χ0n) is 11.3. The number of rotatable bonds is 4. The number of hydrogen-bond donors (Lipinski definition) is 1. The highest BCUT2D eigenvalue weighted by Crippen LogP contribution is 2.23. The molecule has 0 bridgehead atoms. The van der Waals surface area contributed by atoms with E-state index in [1.807, 2.05) is 6.07 Å². The van der Waals surface area contributed by atoms with Crippen LogP contribution < -0.4 is 5.32 Å². The molecule has 0 amide bonds. The molecule has 100 valence electrons. The first-order chi connectivity index (χ1) is 8.66. The summed E-state index contributed by atoms with van der Waals surface area (Å²) in [6.45, 7) is 8.12. The molecular weight excluding hydrogens is 288 g/mol. The summed E-state index contributed by atoms with van der Waals surface area (Å²) in [5.74, 6) is 0.896. The molecule has 18 heavy (non-hydrogen) atoms. The van der Waals surface area contributed by atoms with Crippen molar-refractivity contribution in [3.63, 3.8) is 0 Å². The van der Waals surface area contributed by atoms with E-state index in [2.05, 4.69) is 58.2 Å². The Morgan fingerprint density at radius 1 is 1.33 bits per heavy atom. The molecule has 1 aromatic carbocycles. The van der Waals surface area contributed by atoms with Crippen molar-refractivity contribution in [2.24, 2.45) is 5.92 Å². The fraction of sp³-hybridized carbons (Fsp3) is 0.600. The molecule has 0 spiro atoms. The lowest BCUT2D eigenvalue weighted by atomic mass is 9.93. The smallest absolute Gasteiger partial charge is 0.0485 e. The number of likely N-dealkylation sites (tertiary alicyclic amines) is 1. The van der Waals surface area contributed by atoms with Crippen molar-refractivity contribution in [3.8, 4) is 0 Å². The molecule has 1 fully saturated rings. The topological polar surface area (TPSA) is 15.3 Å². The van der Waals surface area contributed by atoms with Gasteiger partial charge in [0.2, 0.25) is 0 Å². The molecule has 2 nitrogen and oxygen atoms in total. The number of hydrogen-bond acceptors (Lipinski definition) is 2. The van der Waals surface area contributed by atoms with Crippen LogP contribution >= 0.6 is 15.9 Å². The normalized spacial score (nSPS) is 25.1. The summed E-state index contributed by atoms with van der Waals surface area (Å²) in [6, 6.07) is 9.04. The Labute approximate surface area is 119 Å². The quantitative estimate of drug-likeness (QED) is 0.905. The largest absolute Gasteiger partial charge is 0.383 e. The van der Waals surface area contributed by atoms with Crippen molar-refractivity contribution in [2.75, 3.05) is 25.0 Å². The SMILES string of the molecule is CC1CCN(CCNc2ccccc2Br)C(C)C1. The minimum absolute atomic E-state index is 0.731. The van der Waals surface area contributed by atoms with Gasteiger partial charge in [-0.1, -0.05) is 19.1 Å². The van der Waals surface area contributed by atoms with E-state index >= 15 is 0 Å². The van der Waals surface area contributed by atoms with Crippen LogP contribution in [-0.4, -0.2) is 30.6 Å². The standard InChI is InChI=1S/C15H23BrN2/c1-12-7-9-18(13(2)11-12)10-8-17-15-6-4-3-5-14(15)16/h3-6,12-13,17H,7-11H2,1-2H3. The Morgan fingerprint density at radius 2 is 2.11 bits per heavy atom. The Bertz CT molecular complexity index is 381. The Morgan fingerprint density at radius 3 is 2.83 bits per heavy atom. The highest BCUT2D eigenvalue weighted by atomic mass is 79.9. The first-order valence-electron chi connectivity index (χ1n) is 6.89. The molecule has 2 atom stereocenters. The van der Waals surface area contributed by atoms with E-state index in [4.69, 9.17) is 0 Å². The van der Waals surface area contributed by atoms with Crippen molar-refractivity contribution in [1.82, 2.24) is 4.90 Å². The van der Waals surface area contributed by atoms with Gasteiger partial charge in [0, 0.05) is 29.3 Å². The predicted molar refractivity (Wildman–Crippen MR) is 82.1 cm³/mol. The van der Waals surface area contributed by atoms with Crippen LogP contribution in [0.3, 0.4) is 0 Å². The van der Waals surface area contributed by atoms with Gasteiger partial charge in [0.25, 0.3) is 0 Å². The van der Waals surface area contributed by atoms with E-state index in [9.17, 15) is 0 Å². The van der Waals surface area contributed by atoms with Crippen molar-refractivity contribution >= 4 is 21.6 Å². The summed E-state index contributed by atoms with van der Waals surface area (Å²) in [7, 11) is 0. The van der Waals surface area contributed by atoms with Gasteiger partial charge < -0.3 is 5.32 Å². The van der Waals surface area contributed by atoms with Gasteiger partial charge in [0.15, 0.2) is 0 Å². The fourth-order valence-corrected chi connectivity index (χ4v) is 3.15. The molecule has 1 N–H and O–H groups in total. The molecule has 0 radical (unpaired) electrons. The molecule has 1 aliphatic heterocycles. The fourth-order valence-electron chi connectivity index (χ4n) is 2.73. The number of benzene rings is 1. The lowest BCUT2D eigenvalue weighted by molar-refractivity contribution is 0.135. The second kappa shape index (κ2) is 6.58. The van der Waals surface area contributed by atoms with Crippen LogP contribution in [0.25, 0.3) is 0 Å². The summed E-state index contributed by atoms with van der Waals surface area (Å²) in [6.07, 6.45) is 2.69. The molecule has 1 heterocycles. The molecule has 1 saturated heterocycles. The molecule has 2 rings (SSSR count). The van der Waals surface area contributed by atoms with Crippen molar-refractivity contribution in [2.45, 2.75) is 32.7 Å². The number of anilines is 1. The maximum Gasteiger partial charge on any atom is 0.0485 e. The highest BCUT2D eigenvalue weighted by molar-refractivity contribution is 9.10. The average Bonchev–Trinajstić information content (AvgIpc) is 2.34. The summed E-state index contributed by atoms with van der Waals surface area (Å²) in [4.78, 5) is 2.60. The van der Waals surface area contributed by atoms with Crippen LogP contribution in [0.4, 0.5) is 5.69 Å². The maximum atomic E-state index is 3.57. The van der Waals surface area contributed by atoms with E-state index in [-0.39, 0.29) is 0 Å². The minimum atomic E-state index is 0.731. The van der Waals surface area contributed by atoms with Crippen LogP contribution in [0.5, 0.6) is 0 Å². The second-order valence-electron chi connectivity index (χ2n) is 5.42. The molecule has 3 heteroatoms. The number of nitrogens with zero attached hydrogens (tertiary/aromatic N) is 1. The van der Waals surface area contributed by atoms with E-state index in [0.29, 0.717) is 0 Å². The molecule has 0 aliphatic carbocycles. The molecular formula is C15H23BrN2. The Hall–Kier alpha value is -0.540. The van der Waals surface area contributed by atoms with Gasteiger partial charge in [-0.05, 0) is 60.3 Å². The van der Waals surface area contributed by atoms with E-state index < -0.39 is 0 Å². The van der Waals surface area contributed by atoms with Gasteiger partial charge in [0.1, 0.15) is 0 Å². The first-order valence-corrected chi connectivity index (χ1v) is 7.68. The Balaban J connectivity index is 1.77. The summed E-state index contributed by atoms with van der Waals surface area (Å²) < 4.78 is 1.14. The van der Waals surface area contributed by atoms with Crippen LogP contribution in [0.15, 0.2) is 28.7 Å². The third-order valence-electron chi connectivity index (χ3n) is 3.86. The average molecular weight is 311 g/mol. The van der Waals surface area contributed by atoms with E-state index in [1.54, 1.807) is 0 Å². The van der Waals surface area contributed by atoms with Crippen LogP contribution in [0, 0.1) is 5.92 Å². The van der Waals surface area contributed by atoms with Crippen LogP contribution in [0.2, 0.25) is 0 Å². The highest BCUT2D eigenvalue weighted by Gasteiger charge is 2.21. The maximum absolute atomic E-state index is 3.57. The van der Waals surface area contributed by atoms with Gasteiger partial charge in [-0.2, -0.15) is 0 Å². The number of para-hydroxylation sites is 1. The number of halogens is 1. The summed E-state index contributed by atoms with van der Waals surface area (Å²) in [5.41, 5.74) is 1.19. The lowest BCUT2D eigenvalue weighted by Crippen LogP contribution is -2.42. The summed E-state index contributed by atoms with van der Waals surface area (Å²) in [5, 5.41) is 3.50.